The lowest BCUT2D eigenvalue weighted by molar-refractivity contribution is 0.169. The molecular formula is C13H14N2O2. The molecule has 0 spiro atoms. The zero-order valence-corrected chi connectivity index (χ0v) is 9.58. The van der Waals surface area contributed by atoms with Crippen molar-refractivity contribution in [3.05, 3.63) is 54.1 Å². The number of ether oxygens (including phenoxy) is 1. The molecule has 0 radical (unpaired) electrons. The summed E-state index contributed by atoms with van der Waals surface area (Å²) in [6, 6.07) is 7.32. The summed E-state index contributed by atoms with van der Waals surface area (Å²) >= 11 is 0. The van der Waals surface area contributed by atoms with Crippen LogP contribution in [0.15, 0.2) is 42.9 Å². The number of aromatic nitrogens is 2. The van der Waals surface area contributed by atoms with Crippen LogP contribution in [0.3, 0.4) is 0 Å². The highest BCUT2D eigenvalue weighted by atomic mass is 16.5. The topological polar surface area (TPSA) is 55.2 Å². The summed E-state index contributed by atoms with van der Waals surface area (Å²) in [4.78, 5) is 8.09. The van der Waals surface area contributed by atoms with Crippen molar-refractivity contribution in [2.75, 3.05) is 7.11 Å². The molecule has 0 aromatic carbocycles. The van der Waals surface area contributed by atoms with Gasteiger partial charge in [0.05, 0.1) is 7.11 Å². The number of aliphatic hydroxyl groups is 1. The highest BCUT2D eigenvalue weighted by Gasteiger charge is 2.14. The second-order valence-electron chi connectivity index (χ2n) is 3.67. The van der Waals surface area contributed by atoms with Crippen LogP contribution in [0.4, 0.5) is 0 Å². The fourth-order valence-electron chi connectivity index (χ4n) is 1.66. The third kappa shape index (κ3) is 2.79. The lowest BCUT2D eigenvalue weighted by atomic mass is 10.1. The van der Waals surface area contributed by atoms with Crippen LogP contribution in [0.25, 0.3) is 0 Å². The molecule has 2 aromatic heterocycles. The fraction of sp³-hybridized carbons (Fsp3) is 0.231. The van der Waals surface area contributed by atoms with Crippen molar-refractivity contribution in [1.29, 1.82) is 0 Å². The van der Waals surface area contributed by atoms with Gasteiger partial charge in [0.15, 0.2) is 0 Å². The second-order valence-corrected chi connectivity index (χ2v) is 3.67. The van der Waals surface area contributed by atoms with Crippen LogP contribution in [0, 0.1) is 0 Å². The smallest absolute Gasteiger partial charge is 0.143 e. The van der Waals surface area contributed by atoms with Gasteiger partial charge in [-0.1, -0.05) is 0 Å². The largest absolute Gasteiger partial charge is 0.495 e. The Morgan fingerprint density at radius 2 is 2.00 bits per heavy atom. The van der Waals surface area contributed by atoms with E-state index in [1.165, 1.54) is 0 Å². The number of pyridine rings is 2. The Labute approximate surface area is 99.9 Å². The zero-order valence-electron chi connectivity index (χ0n) is 9.58. The molecule has 88 valence electrons. The van der Waals surface area contributed by atoms with E-state index in [4.69, 9.17) is 4.74 Å². The van der Waals surface area contributed by atoms with E-state index in [0.717, 1.165) is 5.56 Å². The van der Waals surface area contributed by atoms with Gasteiger partial charge in [0.1, 0.15) is 17.5 Å². The summed E-state index contributed by atoms with van der Waals surface area (Å²) in [5, 5.41) is 10.1. The van der Waals surface area contributed by atoms with Crippen molar-refractivity contribution in [2.24, 2.45) is 0 Å². The number of aliphatic hydroxyl groups excluding tert-OH is 1. The monoisotopic (exact) mass is 230 g/mol. The molecule has 0 bridgehead atoms. The van der Waals surface area contributed by atoms with Crippen molar-refractivity contribution in [2.45, 2.75) is 12.5 Å². The van der Waals surface area contributed by atoms with E-state index in [9.17, 15) is 5.11 Å². The minimum atomic E-state index is -0.673. The lowest BCUT2D eigenvalue weighted by Crippen LogP contribution is -2.06. The maximum Gasteiger partial charge on any atom is 0.143 e. The van der Waals surface area contributed by atoms with Gasteiger partial charge in [-0.25, -0.2) is 0 Å². The molecule has 0 saturated carbocycles. The molecule has 0 amide bonds. The third-order valence-corrected chi connectivity index (χ3v) is 2.51. The summed E-state index contributed by atoms with van der Waals surface area (Å²) in [5.41, 5.74) is 1.58. The van der Waals surface area contributed by atoms with Gasteiger partial charge in [0.25, 0.3) is 0 Å². The van der Waals surface area contributed by atoms with Gasteiger partial charge >= 0.3 is 0 Å². The van der Waals surface area contributed by atoms with Gasteiger partial charge in [-0.3, -0.25) is 9.97 Å². The number of rotatable bonds is 4. The quantitative estimate of drug-likeness (QED) is 0.869. The molecular weight excluding hydrogens is 216 g/mol. The maximum absolute atomic E-state index is 10.1. The molecule has 1 N–H and O–H groups in total. The number of hydrogen-bond acceptors (Lipinski definition) is 4. The fourth-order valence-corrected chi connectivity index (χ4v) is 1.66. The number of hydrogen-bond donors (Lipinski definition) is 1. The second kappa shape index (κ2) is 5.41. The van der Waals surface area contributed by atoms with Gasteiger partial charge in [-0.05, 0) is 29.8 Å². The molecule has 1 atom stereocenters. The Kier molecular flexibility index (Phi) is 3.67. The molecule has 2 aromatic rings. The Morgan fingerprint density at radius 1 is 1.24 bits per heavy atom. The van der Waals surface area contributed by atoms with Crippen molar-refractivity contribution in [1.82, 2.24) is 9.97 Å². The summed E-state index contributed by atoms with van der Waals surface area (Å²) in [5.74, 6) is 0.606. The Bertz CT molecular complexity index is 474. The standard InChI is InChI=1S/C13H14N2O2/c1-17-12-3-2-6-15-13(12)11(16)9-10-4-7-14-8-5-10/h2-8,11,16H,9H2,1H3. The summed E-state index contributed by atoms with van der Waals surface area (Å²) in [6.45, 7) is 0. The van der Waals surface area contributed by atoms with Crippen LogP contribution in [0.2, 0.25) is 0 Å². The first-order chi connectivity index (χ1) is 8.31. The normalized spacial score (nSPS) is 12.1. The molecule has 4 nitrogen and oxygen atoms in total. The minimum Gasteiger partial charge on any atom is -0.495 e. The molecule has 1 unspecified atom stereocenters. The van der Waals surface area contributed by atoms with Crippen molar-refractivity contribution >= 4 is 0 Å². The summed E-state index contributed by atoms with van der Waals surface area (Å²) in [6.07, 6.45) is 4.88. The van der Waals surface area contributed by atoms with Crippen LogP contribution >= 0.6 is 0 Å². The third-order valence-electron chi connectivity index (χ3n) is 2.51. The molecule has 2 heterocycles. The van der Waals surface area contributed by atoms with Crippen molar-refractivity contribution < 1.29 is 9.84 Å². The molecule has 0 aliphatic carbocycles. The maximum atomic E-state index is 10.1. The first kappa shape index (κ1) is 11.5. The molecule has 0 aliphatic heterocycles. The van der Waals surface area contributed by atoms with Crippen LogP contribution < -0.4 is 4.74 Å². The van der Waals surface area contributed by atoms with Gasteiger partial charge < -0.3 is 9.84 Å². The predicted octanol–water partition coefficient (Wildman–Crippen LogP) is 1.76. The van der Waals surface area contributed by atoms with E-state index >= 15 is 0 Å². The van der Waals surface area contributed by atoms with Crippen molar-refractivity contribution in [3.8, 4) is 5.75 Å². The summed E-state index contributed by atoms with van der Waals surface area (Å²) in [7, 11) is 1.57. The molecule has 2 rings (SSSR count). The number of nitrogens with zero attached hydrogens (tertiary/aromatic N) is 2. The first-order valence-corrected chi connectivity index (χ1v) is 5.37. The van der Waals surface area contributed by atoms with E-state index in [0.29, 0.717) is 17.9 Å². The average Bonchev–Trinajstić information content (AvgIpc) is 2.40. The van der Waals surface area contributed by atoms with Crippen LogP contribution in [0.1, 0.15) is 17.4 Å². The van der Waals surface area contributed by atoms with Gasteiger partial charge in [-0.2, -0.15) is 0 Å². The number of methoxy groups -OCH3 is 1. The first-order valence-electron chi connectivity index (χ1n) is 5.37. The van der Waals surface area contributed by atoms with E-state index in [-0.39, 0.29) is 0 Å². The Balaban J connectivity index is 2.17. The highest BCUT2D eigenvalue weighted by Crippen LogP contribution is 2.24. The molecule has 0 fully saturated rings. The van der Waals surface area contributed by atoms with Crippen LogP contribution in [-0.4, -0.2) is 22.2 Å². The van der Waals surface area contributed by atoms with E-state index < -0.39 is 6.10 Å². The SMILES string of the molecule is COc1cccnc1C(O)Cc1ccncc1. The Morgan fingerprint density at radius 3 is 2.71 bits per heavy atom. The average molecular weight is 230 g/mol. The summed E-state index contributed by atoms with van der Waals surface area (Å²) < 4.78 is 5.17. The Hall–Kier alpha value is -1.94. The molecule has 4 heteroatoms. The zero-order chi connectivity index (χ0) is 12.1. The molecule has 0 saturated heterocycles. The van der Waals surface area contributed by atoms with E-state index in [1.807, 2.05) is 12.1 Å². The molecule has 17 heavy (non-hydrogen) atoms. The van der Waals surface area contributed by atoms with Gasteiger partial charge in [0, 0.05) is 25.0 Å². The minimum absolute atomic E-state index is 0.496. The lowest BCUT2D eigenvalue weighted by Gasteiger charge is -2.13. The van der Waals surface area contributed by atoms with Crippen LogP contribution in [-0.2, 0) is 6.42 Å². The van der Waals surface area contributed by atoms with Gasteiger partial charge in [-0.15, -0.1) is 0 Å². The van der Waals surface area contributed by atoms with E-state index in [1.54, 1.807) is 37.8 Å². The molecule has 0 aliphatic rings. The van der Waals surface area contributed by atoms with Crippen LogP contribution in [0.5, 0.6) is 5.75 Å². The van der Waals surface area contributed by atoms with Crippen molar-refractivity contribution in [3.63, 3.8) is 0 Å². The van der Waals surface area contributed by atoms with Gasteiger partial charge in [0.2, 0.25) is 0 Å². The highest BCUT2D eigenvalue weighted by molar-refractivity contribution is 5.29. The predicted molar refractivity (Wildman–Crippen MR) is 63.7 cm³/mol. The van der Waals surface area contributed by atoms with E-state index in [2.05, 4.69) is 9.97 Å².